The quantitative estimate of drug-likeness (QED) is 0.612. The monoisotopic (exact) mass is 438 g/mol. The Hall–Kier alpha value is -2.63. The third kappa shape index (κ3) is 4.68. The van der Waals surface area contributed by atoms with Gasteiger partial charge in [-0.3, -0.25) is 14.5 Å². The lowest BCUT2D eigenvalue weighted by molar-refractivity contribution is -0.138. The minimum absolute atomic E-state index is 0.228. The van der Waals surface area contributed by atoms with Crippen molar-refractivity contribution in [3.63, 3.8) is 0 Å². The van der Waals surface area contributed by atoms with E-state index in [0.717, 1.165) is 37.9 Å². The maximum absolute atomic E-state index is 13.3. The molecule has 2 aliphatic heterocycles. The normalized spacial score (nSPS) is 17.7. The van der Waals surface area contributed by atoms with Crippen molar-refractivity contribution in [3.8, 4) is 0 Å². The predicted octanol–water partition coefficient (Wildman–Crippen LogP) is 4.02. The molecule has 4 rings (SSSR count). The van der Waals surface area contributed by atoms with Gasteiger partial charge >= 0.3 is 0 Å². The molecule has 2 aliphatic rings. The number of amides is 2. The summed E-state index contributed by atoms with van der Waals surface area (Å²) in [5.41, 5.74) is 3.06. The zero-order valence-electron chi connectivity index (χ0n) is 17.7. The van der Waals surface area contributed by atoms with Crippen molar-refractivity contribution in [2.24, 2.45) is 5.92 Å². The molecule has 2 aromatic carbocycles. The second-order valence-corrected chi connectivity index (χ2v) is 8.54. The molecular weight excluding hydrogens is 412 g/mol. The number of hydrogen-bond acceptors (Lipinski definition) is 4. The van der Waals surface area contributed by atoms with Crippen molar-refractivity contribution >= 4 is 29.0 Å². The van der Waals surface area contributed by atoms with E-state index in [1.54, 1.807) is 19.2 Å². The molecule has 0 radical (unpaired) electrons. The van der Waals surface area contributed by atoms with Crippen LogP contribution in [0.15, 0.2) is 60.3 Å². The molecule has 0 aliphatic carbocycles. The number of nitrogens with zero attached hydrogens (tertiary/aromatic N) is 2. The topological polar surface area (TPSA) is 49.9 Å². The SMILES string of the molecule is COCCN1C(=O)C(c2ccc(Cl)cc2)=C(N2CCC(Cc3ccccc3)CC2)C1=O. The van der Waals surface area contributed by atoms with Crippen LogP contribution in [0.2, 0.25) is 5.02 Å². The minimum Gasteiger partial charge on any atom is -0.383 e. The van der Waals surface area contributed by atoms with Crippen LogP contribution < -0.4 is 0 Å². The number of rotatable bonds is 7. The molecule has 0 atom stereocenters. The fraction of sp³-hybridized carbons (Fsp3) is 0.360. The average Bonchev–Trinajstić information content (AvgIpc) is 3.04. The summed E-state index contributed by atoms with van der Waals surface area (Å²) in [6.07, 6.45) is 3.03. The lowest BCUT2D eigenvalue weighted by Crippen LogP contribution is -2.40. The molecule has 0 aromatic heterocycles. The van der Waals surface area contributed by atoms with E-state index in [2.05, 4.69) is 29.2 Å². The number of carbonyl (C=O) groups excluding carboxylic acids is 2. The first-order valence-corrected chi connectivity index (χ1v) is 11.1. The average molecular weight is 439 g/mol. The number of imide groups is 1. The maximum Gasteiger partial charge on any atom is 0.277 e. The number of carbonyl (C=O) groups is 2. The number of halogens is 1. The summed E-state index contributed by atoms with van der Waals surface area (Å²) in [7, 11) is 1.57. The minimum atomic E-state index is -0.259. The summed E-state index contributed by atoms with van der Waals surface area (Å²) in [6, 6.07) is 17.6. The van der Waals surface area contributed by atoms with E-state index in [4.69, 9.17) is 16.3 Å². The summed E-state index contributed by atoms with van der Waals surface area (Å²) in [5.74, 6) is 0.0920. The van der Waals surface area contributed by atoms with Crippen LogP contribution in [0.4, 0.5) is 0 Å². The molecule has 1 saturated heterocycles. The molecule has 0 bridgehead atoms. The van der Waals surface area contributed by atoms with Gasteiger partial charge in [0.05, 0.1) is 18.7 Å². The molecule has 0 N–H and O–H groups in total. The molecule has 0 unspecified atom stereocenters. The van der Waals surface area contributed by atoms with Crippen LogP contribution in [-0.2, 0) is 20.7 Å². The summed E-state index contributed by atoms with van der Waals surface area (Å²) in [6.45, 7) is 2.10. The van der Waals surface area contributed by atoms with Crippen molar-refractivity contribution in [2.45, 2.75) is 19.3 Å². The van der Waals surface area contributed by atoms with Crippen LogP contribution in [0.3, 0.4) is 0 Å². The van der Waals surface area contributed by atoms with E-state index in [1.165, 1.54) is 10.5 Å². The van der Waals surface area contributed by atoms with Crippen LogP contribution in [0.5, 0.6) is 0 Å². The Morgan fingerprint density at radius 2 is 1.65 bits per heavy atom. The van der Waals surface area contributed by atoms with E-state index in [9.17, 15) is 9.59 Å². The lowest BCUT2D eigenvalue weighted by atomic mass is 9.89. The lowest BCUT2D eigenvalue weighted by Gasteiger charge is -2.34. The van der Waals surface area contributed by atoms with Crippen LogP contribution in [0.25, 0.3) is 5.57 Å². The maximum atomic E-state index is 13.3. The zero-order chi connectivity index (χ0) is 21.8. The highest BCUT2D eigenvalue weighted by Gasteiger charge is 2.42. The van der Waals surface area contributed by atoms with Gasteiger partial charge in [0.25, 0.3) is 11.8 Å². The van der Waals surface area contributed by atoms with Gasteiger partial charge in [-0.15, -0.1) is 0 Å². The molecule has 2 aromatic rings. The van der Waals surface area contributed by atoms with Crippen LogP contribution in [0, 0.1) is 5.92 Å². The van der Waals surface area contributed by atoms with Gasteiger partial charge < -0.3 is 9.64 Å². The van der Waals surface area contributed by atoms with Gasteiger partial charge in [0, 0.05) is 25.2 Å². The van der Waals surface area contributed by atoms with Gasteiger partial charge in [-0.2, -0.15) is 0 Å². The number of benzene rings is 2. The highest BCUT2D eigenvalue weighted by Crippen LogP contribution is 2.34. The molecule has 2 heterocycles. The Balaban J connectivity index is 1.56. The van der Waals surface area contributed by atoms with Gasteiger partial charge in [-0.25, -0.2) is 0 Å². The second-order valence-electron chi connectivity index (χ2n) is 8.11. The molecule has 0 spiro atoms. The Labute approximate surface area is 188 Å². The molecular formula is C25H27ClN2O3. The largest absolute Gasteiger partial charge is 0.383 e. The van der Waals surface area contributed by atoms with Gasteiger partial charge in [-0.1, -0.05) is 54.1 Å². The summed E-state index contributed by atoms with van der Waals surface area (Å²) in [4.78, 5) is 29.9. The standard InChI is InChI=1S/C25H27ClN2O3/c1-31-16-15-28-24(29)22(20-7-9-21(26)10-8-20)23(25(28)30)27-13-11-19(12-14-27)17-18-5-3-2-4-6-18/h2-10,19H,11-17H2,1H3. The molecule has 1 fully saturated rings. The van der Waals surface area contributed by atoms with Crippen LogP contribution in [-0.4, -0.2) is 55.0 Å². The molecule has 162 valence electrons. The van der Waals surface area contributed by atoms with Crippen molar-refractivity contribution < 1.29 is 14.3 Å². The van der Waals surface area contributed by atoms with Crippen molar-refractivity contribution in [1.82, 2.24) is 9.80 Å². The predicted molar refractivity (Wildman–Crippen MR) is 121 cm³/mol. The van der Waals surface area contributed by atoms with Crippen molar-refractivity contribution in [1.29, 1.82) is 0 Å². The van der Waals surface area contributed by atoms with E-state index in [0.29, 0.717) is 28.8 Å². The number of methoxy groups -OCH3 is 1. The first kappa shape index (κ1) is 21.6. The van der Waals surface area contributed by atoms with Gasteiger partial charge in [0.15, 0.2) is 0 Å². The molecule has 0 saturated carbocycles. The first-order chi connectivity index (χ1) is 15.1. The molecule has 31 heavy (non-hydrogen) atoms. The summed E-state index contributed by atoms with van der Waals surface area (Å²) >= 11 is 6.04. The fourth-order valence-corrected chi connectivity index (χ4v) is 4.55. The summed E-state index contributed by atoms with van der Waals surface area (Å²) < 4.78 is 5.11. The highest BCUT2D eigenvalue weighted by atomic mass is 35.5. The molecule has 5 nitrogen and oxygen atoms in total. The smallest absolute Gasteiger partial charge is 0.277 e. The first-order valence-electron chi connectivity index (χ1n) is 10.7. The van der Waals surface area contributed by atoms with E-state index in [1.807, 2.05) is 18.2 Å². The molecule has 2 amide bonds. The van der Waals surface area contributed by atoms with Gasteiger partial charge in [-0.05, 0) is 48.4 Å². The Bertz CT molecular complexity index is 964. The highest BCUT2D eigenvalue weighted by molar-refractivity contribution is 6.36. The fourth-order valence-electron chi connectivity index (χ4n) is 4.43. The third-order valence-corrected chi connectivity index (χ3v) is 6.35. The Kier molecular flexibility index (Phi) is 6.73. The number of ether oxygens (including phenoxy) is 1. The molecule has 6 heteroatoms. The number of piperidine rings is 1. The Morgan fingerprint density at radius 3 is 2.29 bits per heavy atom. The van der Waals surface area contributed by atoms with Crippen molar-refractivity contribution in [3.05, 3.63) is 76.4 Å². The van der Waals surface area contributed by atoms with Crippen LogP contribution >= 0.6 is 11.6 Å². The van der Waals surface area contributed by atoms with Crippen LogP contribution in [0.1, 0.15) is 24.0 Å². The zero-order valence-corrected chi connectivity index (χ0v) is 18.5. The van der Waals surface area contributed by atoms with Gasteiger partial charge in [0.1, 0.15) is 5.70 Å². The second kappa shape index (κ2) is 9.67. The number of hydrogen-bond donors (Lipinski definition) is 0. The van der Waals surface area contributed by atoms with Gasteiger partial charge in [0.2, 0.25) is 0 Å². The summed E-state index contributed by atoms with van der Waals surface area (Å²) in [5, 5.41) is 0.598. The third-order valence-electron chi connectivity index (χ3n) is 6.09. The van der Waals surface area contributed by atoms with Crippen molar-refractivity contribution in [2.75, 3.05) is 33.4 Å². The van der Waals surface area contributed by atoms with E-state index in [-0.39, 0.29) is 18.4 Å². The van der Waals surface area contributed by atoms with E-state index >= 15 is 0 Å². The Morgan fingerprint density at radius 1 is 0.968 bits per heavy atom. The number of likely N-dealkylation sites (tertiary alicyclic amines) is 1. The van der Waals surface area contributed by atoms with E-state index < -0.39 is 0 Å².